The monoisotopic (exact) mass is 1210 g/mol. The van der Waals surface area contributed by atoms with E-state index in [1.165, 1.54) is 55.0 Å². The van der Waals surface area contributed by atoms with Crippen LogP contribution < -0.4 is 22.1 Å². The Bertz CT molecular complexity index is 3950. The van der Waals surface area contributed by atoms with E-state index in [9.17, 15) is 58.7 Å². The minimum Gasteiger partial charge on any atom is -0.478 e. The summed E-state index contributed by atoms with van der Waals surface area (Å²) in [7, 11) is 0. The number of hydrazine groups is 2. The van der Waals surface area contributed by atoms with Gasteiger partial charge in [-0.2, -0.15) is 39.5 Å². The van der Waals surface area contributed by atoms with E-state index in [4.69, 9.17) is 24.4 Å². The number of hydrogen-bond donors (Lipinski definition) is 5. The van der Waals surface area contributed by atoms with Gasteiger partial charge in [0.05, 0.1) is 35.3 Å². The van der Waals surface area contributed by atoms with Gasteiger partial charge in [0, 0.05) is 16.7 Å². The summed E-state index contributed by atoms with van der Waals surface area (Å²) in [6.45, 7) is 4.85. The Morgan fingerprint density at radius 3 is 1.17 bits per heavy atom. The van der Waals surface area contributed by atoms with Gasteiger partial charge in [-0.05, 0) is 128 Å². The number of carboxylic acid groups (broad SMARTS) is 1. The van der Waals surface area contributed by atoms with Gasteiger partial charge in [0.25, 0.3) is 23.6 Å². The van der Waals surface area contributed by atoms with Gasteiger partial charge in [0.15, 0.2) is 0 Å². The first-order chi connectivity index (χ1) is 41.3. The third-order valence-electron chi connectivity index (χ3n) is 12.6. The van der Waals surface area contributed by atoms with E-state index < -0.39 is 58.9 Å². The van der Waals surface area contributed by atoms with Crippen LogP contribution in [0.2, 0.25) is 0 Å². The highest BCUT2D eigenvalue weighted by atomic mass is 19.4. The van der Waals surface area contributed by atoms with Gasteiger partial charge in [-0.25, -0.2) is 10.6 Å². The summed E-state index contributed by atoms with van der Waals surface area (Å²) in [6, 6.07) is 35.5. The number of aromatic carboxylic acids is 1. The molecule has 0 aliphatic heterocycles. The van der Waals surface area contributed by atoms with Crippen LogP contribution in [-0.2, 0) is 37.8 Å². The fourth-order valence-electron chi connectivity index (χ4n) is 8.06. The van der Waals surface area contributed by atoms with Crippen LogP contribution in [0.15, 0.2) is 182 Å². The molecule has 0 atom stereocenters. The molecular formula is C60H48F9N9O9. The molecule has 4 aromatic heterocycles. The SMILES string of the molecule is Cc1oncc1-c1nnc(-c2ccccc2Cc2ccc(C(F)(F)F)cc2)o1.Cc1oncc1C(=O)NNC(=O)c1ccccc1Cc1ccc(C(F)(F)F)cc1.Cc1oncc1C(=O)O.NNC(=O)c1ccccc1Cc1ccc(C(F)(F)F)cc1. The molecule has 0 fully saturated rings. The van der Waals surface area contributed by atoms with Crippen molar-refractivity contribution in [3.8, 4) is 22.9 Å². The maximum Gasteiger partial charge on any atom is 0.416 e. The van der Waals surface area contributed by atoms with Crippen molar-refractivity contribution < 1.29 is 81.8 Å². The zero-order valence-electron chi connectivity index (χ0n) is 45.6. The molecule has 10 rings (SSSR count). The predicted molar refractivity (Wildman–Crippen MR) is 292 cm³/mol. The standard InChI is InChI=1S/C20H16F3N3O3.C20H14F3N3O2.C15H13F3N2O.C5H5NO3/c1-12-17(11-24-29-12)19(28)26-25-18(27)16-5-3-2-4-14(16)10-13-6-8-15(9-7-13)20(21,22)23;1-12-17(11-24-28-12)19-26-25-18(27-19)16-5-3-2-4-14(16)10-13-6-8-15(9-7-13)20(21,22)23;16-15(17,18)12-7-5-10(6-8-12)9-11-3-1-2-4-13(11)14(21)20-19;1-3-4(5(7)8)2-6-9-3/h2-9,11H,10H2,1H3,(H,25,27)(H,26,28);2-9,11H,10H2,1H3;1-8H,9,19H2,(H,20,21);2H,1H3,(H,7,8). The van der Waals surface area contributed by atoms with Gasteiger partial charge >= 0.3 is 24.5 Å². The first kappa shape index (κ1) is 63.9. The lowest BCUT2D eigenvalue weighted by Gasteiger charge is -2.12. The van der Waals surface area contributed by atoms with Gasteiger partial charge in [-0.15, -0.1) is 10.2 Å². The summed E-state index contributed by atoms with van der Waals surface area (Å²) in [5.74, 6) is 4.34. The number of nitrogens with one attached hydrogen (secondary N) is 3. The fourth-order valence-corrected chi connectivity index (χ4v) is 8.06. The van der Waals surface area contributed by atoms with Gasteiger partial charge in [-0.3, -0.25) is 30.7 Å². The zero-order chi connectivity index (χ0) is 63.1. The summed E-state index contributed by atoms with van der Waals surface area (Å²) in [4.78, 5) is 46.3. The number of hydrogen-bond acceptors (Lipinski definition) is 14. The second-order valence-electron chi connectivity index (χ2n) is 18.6. The summed E-state index contributed by atoms with van der Waals surface area (Å²) in [5, 5.41) is 27.0. The van der Waals surface area contributed by atoms with Crippen molar-refractivity contribution in [1.82, 2.24) is 41.9 Å². The lowest BCUT2D eigenvalue weighted by atomic mass is 9.98. The molecule has 450 valence electrons. The number of halogens is 9. The Kier molecular flexibility index (Phi) is 20.7. The summed E-state index contributed by atoms with van der Waals surface area (Å²) < 4.78 is 134. The van der Waals surface area contributed by atoms with Crippen LogP contribution in [0.4, 0.5) is 39.5 Å². The maximum atomic E-state index is 12.7. The second-order valence-corrected chi connectivity index (χ2v) is 18.6. The first-order valence-corrected chi connectivity index (χ1v) is 25.5. The van der Waals surface area contributed by atoms with E-state index in [2.05, 4.69) is 41.0 Å². The number of carbonyl (C=O) groups excluding carboxylic acids is 3. The van der Waals surface area contributed by atoms with Gasteiger partial charge in [-0.1, -0.05) is 106 Å². The Morgan fingerprint density at radius 1 is 0.437 bits per heavy atom. The normalized spacial score (nSPS) is 11.2. The van der Waals surface area contributed by atoms with E-state index in [0.29, 0.717) is 69.4 Å². The van der Waals surface area contributed by atoms with Crippen molar-refractivity contribution in [2.75, 3.05) is 0 Å². The lowest BCUT2D eigenvalue weighted by molar-refractivity contribution is -0.138. The molecule has 6 N–H and O–H groups in total. The number of nitrogens with two attached hydrogens (primary N) is 1. The molecule has 0 saturated carbocycles. The van der Waals surface area contributed by atoms with Crippen molar-refractivity contribution in [3.05, 3.63) is 254 Å². The van der Waals surface area contributed by atoms with Crippen LogP contribution in [0, 0.1) is 20.8 Å². The van der Waals surface area contributed by atoms with Gasteiger partial charge < -0.3 is 23.1 Å². The van der Waals surface area contributed by atoms with E-state index in [1.54, 1.807) is 69.3 Å². The van der Waals surface area contributed by atoms with Crippen molar-refractivity contribution >= 4 is 23.7 Å². The van der Waals surface area contributed by atoms with Crippen LogP contribution >= 0.6 is 0 Å². The molecule has 4 heterocycles. The molecule has 6 aromatic carbocycles. The molecule has 3 amide bonds. The highest BCUT2D eigenvalue weighted by Crippen LogP contribution is 2.33. The number of benzene rings is 6. The number of carbonyl (C=O) groups is 4. The van der Waals surface area contributed by atoms with Gasteiger partial charge in [0.2, 0.25) is 5.89 Å². The van der Waals surface area contributed by atoms with Crippen LogP contribution in [0.25, 0.3) is 22.9 Å². The van der Waals surface area contributed by atoms with E-state index in [1.807, 2.05) is 29.7 Å². The average molecular weight is 1210 g/mol. The highest BCUT2D eigenvalue weighted by molar-refractivity contribution is 6.00. The molecule has 0 saturated heterocycles. The van der Waals surface area contributed by atoms with E-state index >= 15 is 0 Å². The van der Waals surface area contributed by atoms with E-state index in [0.717, 1.165) is 53.1 Å². The van der Waals surface area contributed by atoms with Crippen molar-refractivity contribution in [3.63, 3.8) is 0 Å². The van der Waals surface area contributed by atoms with Crippen LogP contribution in [0.1, 0.15) is 109 Å². The molecular weight excluding hydrogens is 1160 g/mol. The molecule has 18 nitrogen and oxygen atoms in total. The number of nitrogen functional groups attached to an aromatic ring is 1. The predicted octanol–water partition coefficient (Wildman–Crippen LogP) is 12.6. The number of alkyl halides is 9. The minimum absolute atomic E-state index is 0.120. The number of aryl methyl sites for hydroxylation is 3. The number of aromatic nitrogens is 5. The molecule has 87 heavy (non-hydrogen) atoms. The quantitative estimate of drug-likeness (QED) is 0.0329. The third-order valence-corrected chi connectivity index (χ3v) is 12.6. The summed E-state index contributed by atoms with van der Waals surface area (Å²) >= 11 is 0. The maximum absolute atomic E-state index is 12.7. The highest BCUT2D eigenvalue weighted by Gasteiger charge is 2.32. The largest absolute Gasteiger partial charge is 0.478 e. The van der Waals surface area contributed by atoms with E-state index in [-0.39, 0.29) is 29.0 Å². The summed E-state index contributed by atoms with van der Waals surface area (Å²) in [6.07, 6.45) is -8.17. The molecule has 0 aliphatic carbocycles. The van der Waals surface area contributed by atoms with Crippen LogP contribution in [-0.4, -0.2) is 54.5 Å². The topological polar surface area (TPSA) is 268 Å². The number of rotatable bonds is 12. The lowest BCUT2D eigenvalue weighted by Crippen LogP contribution is -2.42. The zero-order valence-corrected chi connectivity index (χ0v) is 45.6. The van der Waals surface area contributed by atoms with Crippen molar-refractivity contribution in [2.45, 2.75) is 58.6 Å². The Balaban J connectivity index is 0.000000175. The van der Waals surface area contributed by atoms with Crippen molar-refractivity contribution in [1.29, 1.82) is 0 Å². The number of nitrogens with zero attached hydrogens (tertiary/aromatic N) is 5. The molecule has 10 aromatic rings. The minimum atomic E-state index is -4.41. The fraction of sp³-hybridized carbons (Fsp3) is 0.150. The molecule has 27 heteroatoms. The first-order valence-electron chi connectivity index (χ1n) is 25.5. The van der Waals surface area contributed by atoms with Crippen LogP contribution in [0.5, 0.6) is 0 Å². The molecule has 0 bridgehead atoms. The molecule has 0 unspecified atom stereocenters. The second kappa shape index (κ2) is 28.3. The molecule has 0 spiro atoms. The Morgan fingerprint density at radius 2 is 0.793 bits per heavy atom. The Hall–Kier alpha value is -10.7. The number of amides is 3. The van der Waals surface area contributed by atoms with Crippen LogP contribution in [0.3, 0.4) is 0 Å². The smallest absolute Gasteiger partial charge is 0.416 e. The Labute approximate surface area is 487 Å². The molecule has 0 radical (unpaired) electrons. The third kappa shape index (κ3) is 17.4. The number of carboxylic acids is 1. The average Bonchev–Trinajstić information content (AvgIpc) is 4.55. The van der Waals surface area contributed by atoms with Gasteiger partial charge in [0.1, 0.15) is 34.0 Å². The molecule has 0 aliphatic rings. The summed E-state index contributed by atoms with van der Waals surface area (Å²) in [5.41, 5.74) is 11.0. The van der Waals surface area contributed by atoms with Crippen molar-refractivity contribution in [2.24, 2.45) is 5.84 Å².